The Kier molecular flexibility index (Phi) is 3.86. The van der Waals surface area contributed by atoms with Gasteiger partial charge >= 0.3 is 0 Å². The first-order valence-electron chi connectivity index (χ1n) is 5.62. The molecule has 0 aromatic heterocycles. The monoisotopic (exact) mass is 262 g/mol. The van der Waals surface area contributed by atoms with Crippen LogP contribution in [0.4, 0.5) is 0 Å². The molecule has 1 saturated carbocycles. The highest BCUT2D eigenvalue weighted by atomic mass is 79.9. The summed E-state index contributed by atoms with van der Waals surface area (Å²) >= 11 is 3.59. The van der Waals surface area contributed by atoms with Crippen LogP contribution in [0.3, 0.4) is 0 Å². The third-order valence-corrected chi connectivity index (χ3v) is 4.43. The maximum Gasteiger partial charge on any atom is 0.0779 e. The fourth-order valence-corrected chi connectivity index (χ4v) is 3.07. The summed E-state index contributed by atoms with van der Waals surface area (Å²) in [5.74, 6) is 0.645. The van der Waals surface area contributed by atoms with E-state index in [2.05, 4.69) is 15.9 Å². The van der Waals surface area contributed by atoms with Gasteiger partial charge in [0.15, 0.2) is 0 Å². The van der Waals surface area contributed by atoms with Crippen molar-refractivity contribution in [3.8, 4) is 0 Å². The molecule has 1 heterocycles. The number of rotatable bonds is 4. The SMILES string of the molecule is BrCC1(OCC2CCOC2)CCCC1. The second kappa shape index (κ2) is 4.95. The minimum atomic E-state index is 0.155. The maximum absolute atomic E-state index is 6.10. The van der Waals surface area contributed by atoms with E-state index in [9.17, 15) is 0 Å². The van der Waals surface area contributed by atoms with Crippen LogP contribution in [-0.4, -0.2) is 30.8 Å². The van der Waals surface area contributed by atoms with E-state index in [1.807, 2.05) is 0 Å². The maximum atomic E-state index is 6.10. The molecule has 1 atom stereocenters. The number of alkyl halides is 1. The number of halogens is 1. The molecule has 82 valence electrons. The number of hydrogen-bond donors (Lipinski definition) is 0. The van der Waals surface area contributed by atoms with Crippen molar-refractivity contribution in [1.82, 2.24) is 0 Å². The van der Waals surface area contributed by atoms with Crippen molar-refractivity contribution in [3.63, 3.8) is 0 Å². The second-order valence-electron chi connectivity index (χ2n) is 4.56. The van der Waals surface area contributed by atoms with Gasteiger partial charge in [0.1, 0.15) is 0 Å². The Hall–Kier alpha value is 0.400. The summed E-state index contributed by atoms with van der Waals surface area (Å²) < 4.78 is 11.4. The van der Waals surface area contributed by atoms with E-state index in [4.69, 9.17) is 9.47 Å². The van der Waals surface area contributed by atoms with Crippen LogP contribution in [-0.2, 0) is 9.47 Å². The van der Waals surface area contributed by atoms with Crippen LogP contribution >= 0.6 is 15.9 Å². The average molecular weight is 263 g/mol. The summed E-state index contributed by atoms with van der Waals surface area (Å²) in [4.78, 5) is 0. The zero-order valence-corrected chi connectivity index (χ0v) is 10.2. The molecule has 2 fully saturated rings. The predicted molar refractivity (Wildman–Crippen MR) is 59.9 cm³/mol. The molecule has 0 spiro atoms. The van der Waals surface area contributed by atoms with Gasteiger partial charge in [-0.05, 0) is 19.3 Å². The van der Waals surface area contributed by atoms with E-state index in [0.717, 1.165) is 25.2 Å². The molecule has 1 aliphatic heterocycles. The molecule has 1 unspecified atom stereocenters. The van der Waals surface area contributed by atoms with Gasteiger partial charge in [-0.3, -0.25) is 0 Å². The van der Waals surface area contributed by atoms with E-state index >= 15 is 0 Å². The molecule has 3 heteroatoms. The predicted octanol–water partition coefficient (Wildman–Crippen LogP) is 2.75. The molecule has 0 aromatic carbocycles. The van der Waals surface area contributed by atoms with Crippen molar-refractivity contribution >= 4 is 15.9 Å². The van der Waals surface area contributed by atoms with Crippen LogP contribution in [0.15, 0.2) is 0 Å². The minimum Gasteiger partial charge on any atom is -0.381 e. The summed E-state index contributed by atoms with van der Waals surface area (Å²) in [5, 5.41) is 0.994. The molecule has 2 aliphatic rings. The Morgan fingerprint density at radius 3 is 2.71 bits per heavy atom. The van der Waals surface area contributed by atoms with Crippen LogP contribution in [0.2, 0.25) is 0 Å². The van der Waals surface area contributed by atoms with Gasteiger partial charge in [-0.15, -0.1) is 0 Å². The van der Waals surface area contributed by atoms with Crippen molar-refractivity contribution in [2.75, 3.05) is 25.2 Å². The van der Waals surface area contributed by atoms with Gasteiger partial charge in [-0.1, -0.05) is 28.8 Å². The van der Waals surface area contributed by atoms with Crippen LogP contribution in [0.1, 0.15) is 32.1 Å². The van der Waals surface area contributed by atoms with Crippen molar-refractivity contribution in [2.24, 2.45) is 5.92 Å². The number of hydrogen-bond acceptors (Lipinski definition) is 2. The van der Waals surface area contributed by atoms with Crippen molar-refractivity contribution in [3.05, 3.63) is 0 Å². The molecular formula is C11H19BrO2. The molecule has 1 aliphatic carbocycles. The molecule has 0 aromatic rings. The summed E-state index contributed by atoms with van der Waals surface area (Å²) in [6.45, 7) is 2.72. The van der Waals surface area contributed by atoms with Gasteiger partial charge in [-0.2, -0.15) is 0 Å². The largest absolute Gasteiger partial charge is 0.381 e. The van der Waals surface area contributed by atoms with Crippen LogP contribution in [0.25, 0.3) is 0 Å². The van der Waals surface area contributed by atoms with Gasteiger partial charge in [0.25, 0.3) is 0 Å². The summed E-state index contributed by atoms with van der Waals surface area (Å²) in [5.41, 5.74) is 0.155. The van der Waals surface area contributed by atoms with E-state index < -0.39 is 0 Å². The first kappa shape index (κ1) is 10.9. The van der Waals surface area contributed by atoms with Gasteiger partial charge in [-0.25, -0.2) is 0 Å². The Morgan fingerprint density at radius 1 is 1.36 bits per heavy atom. The fourth-order valence-electron chi connectivity index (χ4n) is 2.35. The van der Waals surface area contributed by atoms with Crippen molar-refractivity contribution in [1.29, 1.82) is 0 Å². The molecular weight excluding hydrogens is 244 g/mol. The first-order valence-corrected chi connectivity index (χ1v) is 6.74. The van der Waals surface area contributed by atoms with Crippen molar-refractivity contribution < 1.29 is 9.47 Å². The summed E-state index contributed by atoms with van der Waals surface area (Å²) in [7, 11) is 0. The van der Waals surface area contributed by atoms with Crippen molar-refractivity contribution in [2.45, 2.75) is 37.7 Å². The van der Waals surface area contributed by atoms with Gasteiger partial charge in [0.05, 0.1) is 18.8 Å². The normalized spacial score (nSPS) is 31.1. The highest BCUT2D eigenvalue weighted by molar-refractivity contribution is 9.09. The quantitative estimate of drug-likeness (QED) is 0.726. The fraction of sp³-hybridized carbons (Fsp3) is 1.00. The summed E-state index contributed by atoms with van der Waals surface area (Å²) in [6.07, 6.45) is 6.29. The Balaban J connectivity index is 1.76. The number of ether oxygens (including phenoxy) is 2. The zero-order chi connectivity index (χ0) is 9.86. The Bertz CT molecular complexity index is 172. The molecule has 2 rings (SSSR count). The minimum absolute atomic E-state index is 0.155. The first-order chi connectivity index (χ1) is 6.85. The lowest BCUT2D eigenvalue weighted by molar-refractivity contribution is -0.0395. The second-order valence-corrected chi connectivity index (χ2v) is 5.13. The molecule has 1 saturated heterocycles. The van der Waals surface area contributed by atoms with Crippen LogP contribution < -0.4 is 0 Å². The molecule has 0 N–H and O–H groups in total. The Morgan fingerprint density at radius 2 is 2.14 bits per heavy atom. The molecule has 2 nitrogen and oxygen atoms in total. The van der Waals surface area contributed by atoms with Crippen LogP contribution in [0, 0.1) is 5.92 Å². The van der Waals surface area contributed by atoms with E-state index in [-0.39, 0.29) is 5.60 Å². The Labute approximate surface area is 94.5 Å². The standard InChI is InChI=1S/C11H19BrO2/c12-9-11(4-1-2-5-11)14-8-10-3-6-13-7-10/h10H,1-9H2. The zero-order valence-electron chi connectivity index (χ0n) is 8.64. The topological polar surface area (TPSA) is 18.5 Å². The molecule has 14 heavy (non-hydrogen) atoms. The van der Waals surface area contributed by atoms with Gasteiger partial charge < -0.3 is 9.47 Å². The summed E-state index contributed by atoms with van der Waals surface area (Å²) in [6, 6.07) is 0. The molecule has 0 bridgehead atoms. The molecule has 0 radical (unpaired) electrons. The highest BCUT2D eigenvalue weighted by Gasteiger charge is 2.34. The van der Waals surface area contributed by atoms with E-state index in [1.54, 1.807) is 0 Å². The lowest BCUT2D eigenvalue weighted by Gasteiger charge is -2.28. The molecule has 0 amide bonds. The van der Waals surface area contributed by atoms with Gasteiger partial charge in [0, 0.05) is 17.9 Å². The lowest BCUT2D eigenvalue weighted by Crippen LogP contribution is -2.33. The van der Waals surface area contributed by atoms with E-state index in [1.165, 1.54) is 32.1 Å². The third-order valence-electron chi connectivity index (χ3n) is 3.41. The van der Waals surface area contributed by atoms with E-state index in [0.29, 0.717) is 5.92 Å². The van der Waals surface area contributed by atoms with Gasteiger partial charge in [0.2, 0.25) is 0 Å². The lowest BCUT2D eigenvalue weighted by atomic mass is 10.0. The average Bonchev–Trinajstić information content (AvgIpc) is 2.87. The van der Waals surface area contributed by atoms with Crippen LogP contribution in [0.5, 0.6) is 0 Å². The third kappa shape index (κ3) is 2.50. The smallest absolute Gasteiger partial charge is 0.0779 e. The highest BCUT2D eigenvalue weighted by Crippen LogP contribution is 2.35.